The summed E-state index contributed by atoms with van der Waals surface area (Å²) in [4.78, 5) is 29.4. The molecular weight excluding hydrogens is 276 g/mol. The van der Waals surface area contributed by atoms with Crippen molar-refractivity contribution < 1.29 is 9.59 Å². The number of nitrogens with zero attached hydrogens (tertiary/aromatic N) is 2. The zero-order valence-electron chi connectivity index (χ0n) is 13.5. The Labute approximate surface area is 133 Å². The van der Waals surface area contributed by atoms with Gasteiger partial charge in [-0.15, -0.1) is 0 Å². The molecule has 3 saturated heterocycles. The lowest BCUT2D eigenvalue weighted by Gasteiger charge is -2.52. The molecule has 2 amide bonds. The first-order chi connectivity index (χ1) is 10.7. The fourth-order valence-electron chi connectivity index (χ4n) is 5.40. The highest BCUT2D eigenvalue weighted by molar-refractivity contribution is 5.79. The third-order valence-corrected chi connectivity index (χ3v) is 6.45. The molecule has 22 heavy (non-hydrogen) atoms. The van der Waals surface area contributed by atoms with Crippen LogP contribution in [0.4, 0.5) is 0 Å². The van der Waals surface area contributed by atoms with Gasteiger partial charge < -0.3 is 9.80 Å². The molecule has 0 spiro atoms. The van der Waals surface area contributed by atoms with Gasteiger partial charge in [0, 0.05) is 38.0 Å². The topological polar surface area (TPSA) is 40.6 Å². The molecule has 2 bridgehead atoms. The maximum atomic E-state index is 12.9. The number of fused-ring (bicyclic) bond motifs is 4. The lowest BCUT2D eigenvalue weighted by atomic mass is 9.75. The maximum absolute atomic E-state index is 12.9. The summed E-state index contributed by atoms with van der Waals surface area (Å²) in [5.74, 6) is 2.12. The molecule has 3 atom stereocenters. The van der Waals surface area contributed by atoms with Crippen molar-refractivity contribution in [3.05, 3.63) is 0 Å². The van der Waals surface area contributed by atoms with Crippen LogP contribution in [0.1, 0.15) is 57.8 Å². The van der Waals surface area contributed by atoms with Gasteiger partial charge in [-0.3, -0.25) is 9.59 Å². The zero-order valence-corrected chi connectivity index (χ0v) is 13.5. The van der Waals surface area contributed by atoms with Crippen LogP contribution in [0.25, 0.3) is 0 Å². The minimum absolute atomic E-state index is 0.289. The predicted molar refractivity (Wildman–Crippen MR) is 84.1 cm³/mol. The number of hydrogen-bond donors (Lipinski definition) is 0. The second-order valence-corrected chi connectivity index (χ2v) is 7.95. The van der Waals surface area contributed by atoms with Gasteiger partial charge in [-0.1, -0.05) is 19.3 Å². The summed E-state index contributed by atoms with van der Waals surface area (Å²) in [6, 6.07) is 0.416. The fraction of sp³-hybridized carbons (Fsp3) is 0.889. The molecule has 0 aromatic heterocycles. The van der Waals surface area contributed by atoms with Crippen molar-refractivity contribution in [1.82, 2.24) is 9.80 Å². The molecule has 4 aliphatic rings. The smallest absolute Gasteiger partial charge is 0.225 e. The van der Waals surface area contributed by atoms with Crippen LogP contribution >= 0.6 is 0 Å². The number of piperidine rings is 3. The van der Waals surface area contributed by atoms with Crippen LogP contribution in [-0.2, 0) is 9.59 Å². The molecule has 4 fully saturated rings. The predicted octanol–water partition coefficient (Wildman–Crippen LogP) is 2.43. The standard InChI is InChI=1S/C18H28N2O2/c21-17-8-4-7-16-15-9-13(11-20(16)17)10-19(12-15)18(22)14-5-2-1-3-6-14/h13-16H,1-12H2/t13-,15-,16-/m1/s1. The maximum Gasteiger partial charge on any atom is 0.225 e. The molecule has 0 radical (unpaired) electrons. The molecule has 0 N–H and O–H groups in total. The molecule has 4 heteroatoms. The van der Waals surface area contributed by atoms with E-state index in [0.717, 1.165) is 51.7 Å². The second-order valence-electron chi connectivity index (χ2n) is 7.95. The third-order valence-electron chi connectivity index (χ3n) is 6.45. The summed E-state index contributed by atoms with van der Waals surface area (Å²) in [6.45, 7) is 2.69. The van der Waals surface area contributed by atoms with E-state index in [1.54, 1.807) is 0 Å². The summed E-state index contributed by atoms with van der Waals surface area (Å²) < 4.78 is 0. The Balaban J connectivity index is 1.45. The Morgan fingerprint density at radius 1 is 0.955 bits per heavy atom. The average molecular weight is 304 g/mol. The van der Waals surface area contributed by atoms with Crippen LogP contribution < -0.4 is 0 Å². The summed E-state index contributed by atoms with van der Waals surface area (Å²) in [6.07, 6.45) is 10.1. The van der Waals surface area contributed by atoms with Crippen LogP contribution in [0.5, 0.6) is 0 Å². The van der Waals surface area contributed by atoms with Crippen molar-refractivity contribution in [2.75, 3.05) is 19.6 Å². The van der Waals surface area contributed by atoms with E-state index >= 15 is 0 Å². The summed E-state index contributed by atoms with van der Waals surface area (Å²) in [7, 11) is 0. The second kappa shape index (κ2) is 5.86. The molecule has 0 aromatic rings. The lowest BCUT2D eigenvalue weighted by molar-refractivity contribution is -0.150. The lowest BCUT2D eigenvalue weighted by Crippen LogP contribution is -2.61. The number of rotatable bonds is 1. The highest BCUT2D eigenvalue weighted by Crippen LogP contribution is 2.38. The van der Waals surface area contributed by atoms with Crippen molar-refractivity contribution in [1.29, 1.82) is 0 Å². The monoisotopic (exact) mass is 304 g/mol. The average Bonchev–Trinajstić information content (AvgIpc) is 2.56. The van der Waals surface area contributed by atoms with Crippen LogP contribution in [0.3, 0.4) is 0 Å². The Kier molecular flexibility index (Phi) is 3.87. The van der Waals surface area contributed by atoms with Crippen LogP contribution in [0.2, 0.25) is 0 Å². The largest absolute Gasteiger partial charge is 0.342 e. The first-order valence-electron chi connectivity index (χ1n) is 9.30. The van der Waals surface area contributed by atoms with E-state index in [0.29, 0.717) is 29.7 Å². The van der Waals surface area contributed by atoms with E-state index in [2.05, 4.69) is 9.80 Å². The Morgan fingerprint density at radius 2 is 1.77 bits per heavy atom. The van der Waals surface area contributed by atoms with Crippen LogP contribution in [0, 0.1) is 17.8 Å². The Bertz CT molecular complexity index is 458. The van der Waals surface area contributed by atoms with Crippen molar-refractivity contribution in [3.8, 4) is 0 Å². The quantitative estimate of drug-likeness (QED) is 0.746. The van der Waals surface area contributed by atoms with E-state index in [4.69, 9.17) is 0 Å². The highest BCUT2D eigenvalue weighted by Gasteiger charge is 2.45. The molecule has 122 valence electrons. The van der Waals surface area contributed by atoms with Gasteiger partial charge in [0.05, 0.1) is 0 Å². The minimum Gasteiger partial charge on any atom is -0.342 e. The minimum atomic E-state index is 0.289. The number of likely N-dealkylation sites (tertiary alicyclic amines) is 1. The first-order valence-corrected chi connectivity index (χ1v) is 9.30. The number of amides is 2. The zero-order chi connectivity index (χ0) is 15.1. The van der Waals surface area contributed by atoms with E-state index in [9.17, 15) is 9.59 Å². The van der Waals surface area contributed by atoms with Crippen molar-refractivity contribution >= 4 is 11.8 Å². The van der Waals surface area contributed by atoms with E-state index in [-0.39, 0.29) is 5.92 Å². The molecule has 0 aromatic carbocycles. The van der Waals surface area contributed by atoms with E-state index < -0.39 is 0 Å². The van der Waals surface area contributed by atoms with Gasteiger partial charge in [-0.2, -0.15) is 0 Å². The van der Waals surface area contributed by atoms with E-state index in [1.165, 1.54) is 25.7 Å². The van der Waals surface area contributed by atoms with Gasteiger partial charge in [0.2, 0.25) is 11.8 Å². The SMILES string of the molecule is O=C(C1CCCCC1)N1C[C@H]2C[C@H](C1)[C@H]1CCCC(=O)N1C2. The Hall–Kier alpha value is -1.06. The molecule has 3 aliphatic heterocycles. The molecule has 4 nitrogen and oxygen atoms in total. The summed E-state index contributed by atoms with van der Waals surface area (Å²) >= 11 is 0. The van der Waals surface area contributed by atoms with Gasteiger partial charge in [0.1, 0.15) is 0 Å². The molecular formula is C18H28N2O2. The number of hydrogen-bond acceptors (Lipinski definition) is 2. The van der Waals surface area contributed by atoms with Crippen LogP contribution in [-0.4, -0.2) is 47.3 Å². The van der Waals surface area contributed by atoms with Crippen LogP contribution in [0.15, 0.2) is 0 Å². The molecule has 0 unspecified atom stereocenters. The molecule has 3 heterocycles. The van der Waals surface area contributed by atoms with Gasteiger partial charge in [-0.05, 0) is 43.9 Å². The fourth-order valence-corrected chi connectivity index (χ4v) is 5.40. The normalized spacial score (nSPS) is 36.2. The Morgan fingerprint density at radius 3 is 2.59 bits per heavy atom. The molecule has 1 aliphatic carbocycles. The van der Waals surface area contributed by atoms with Crippen molar-refractivity contribution in [2.45, 2.75) is 63.8 Å². The van der Waals surface area contributed by atoms with Gasteiger partial charge in [0.15, 0.2) is 0 Å². The van der Waals surface area contributed by atoms with Crippen molar-refractivity contribution in [2.24, 2.45) is 17.8 Å². The summed E-state index contributed by atoms with van der Waals surface area (Å²) in [5, 5.41) is 0. The summed E-state index contributed by atoms with van der Waals surface area (Å²) in [5.41, 5.74) is 0. The molecule has 4 rings (SSSR count). The molecule has 1 saturated carbocycles. The highest BCUT2D eigenvalue weighted by atomic mass is 16.2. The number of carbonyl (C=O) groups excluding carboxylic acids is 2. The van der Waals surface area contributed by atoms with Gasteiger partial charge in [0.25, 0.3) is 0 Å². The third kappa shape index (κ3) is 2.55. The van der Waals surface area contributed by atoms with Gasteiger partial charge in [-0.25, -0.2) is 0 Å². The van der Waals surface area contributed by atoms with E-state index in [1.807, 2.05) is 0 Å². The number of carbonyl (C=O) groups is 2. The first kappa shape index (κ1) is 14.5. The van der Waals surface area contributed by atoms with Gasteiger partial charge >= 0.3 is 0 Å². The van der Waals surface area contributed by atoms with Crippen molar-refractivity contribution in [3.63, 3.8) is 0 Å².